The van der Waals surface area contributed by atoms with Gasteiger partial charge in [-0.25, -0.2) is 4.79 Å². The van der Waals surface area contributed by atoms with E-state index < -0.39 is 12.1 Å². The zero-order chi connectivity index (χ0) is 16.4. The smallest absolute Gasteiger partial charge is 0.321 e. The predicted octanol–water partition coefficient (Wildman–Crippen LogP) is 2.51. The first-order valence-corrected chi connectivity index (χ1v) is 7.59. The van der Waals surface area contributed by atoms with Gasteiger partial charge in [-0.2, -0.15) is 0 Å². The third-order valence-corrected chi connectivity index (χ3v) is 4.03. The first-order valence-electron chi connectivity index (χ1n) is 7.59. The molecule has 0 saturated heterocycles. The number of amides is 3. The number of hydrogen-bond acceptors (Lipinski definition) is 3. The minimum Gasteiger partial charge on any atom is -0.374 e. The fourth-order valence-electron chi connectivity index (χ4n) is 2.83. The van der Waals surface area contributed by atoms with E-state index in [1.54, 1.807) is 6.92 Å². The molecule has 0 spiro atoms. The molecule has 3 rings (SSSR count). The SMILES string of the molecule is CNC(=O)NC(=O)[C@H](C)Nc1ccc2c(c1)Cc1ccccc1-2. The van der Waals surface area contributed by atoms with Gasteiger partial charge in [0.25, 0.3) is 0 Å². The lowest BCUT2D eigenvalue weighted by Gasteiger charge is -2.15. The second kappa shape index (κ2) is 6.12. The molecule has 0 fully saturated rings. The first-order chi connectivity index (χ1) is 11.1. The van der Waals surface area contributed by atoms with Gasteiger partial charge in [0.1, 0.15) is 6.04 Å². The molecule has 0 saturated carbocycles. The number of urea groups is 1. The molecule has 3 N–H and O–H groups in total. The van der Waals surface area contributed by atoms with E-state index >= 15 is 0 Å². The van der Waals surface area contributed by atoms with Crippen LogP contribution in [-0.4, -0.2) is 25.0 Å². The molecule has 0 heterocycles. The number of carbonyl (C=O) groups is 2. The quantitative estimate of drug-likeness (QED) is 0.696. The van der Waals surface area contributed by atoms with Gasteiger partial charge in [0.15, 0.2) is 0 Å². The molecule has 1 atom stereocenters. The summed E-state index contributed by atoms with van der Waals surface area (Å²) in [5.41, 5.74) is 5.96. The van der Waals surface area contributed by atoms with Crippen molar-refractivity contribution in [1.29, 1.82) is 0 Å². The third-order valence-electron chi connectivity index (χ3n) is 4.03. The van der Waals surface area contributed by atoms with Crippen LogP contribution in [-0.2, 0) is 11.2 Å². The van der Waals surface area contributed by atoms with Gasteiger partial charge in [0.05, 0.1) is 0 Å². The fraction of sp³-hybridized carbons (Fsp3) is 0.222. The van der Waals surface area contributed by atoms with E-state index in [0.29, 0.717) is 0 Å². The Morgan fingerprint density at radius 2 is 1.78 bits per heavy atom. The Morgan fingerprint density at radius 1 is 1.04 bits per heavy atom. The fourth-order valence-corrected chi connectivity index (χ4v) is 2.83. The topological polar surface area (TPSA) is 70.2 Å². The molecule has 23 heavy (non-hydrogen) atoms. The van der Waals surface area contributed by atoms with Crippen LogP contribution in [0.5, 0.6) is 0 Å². The van der Waals surface area contributed by atoms with Crippen molar-refractivity contribution in [2.45, 2.75) is 19.4 Å². The number of anilines is 1. The lowest BCUT2D eigenvalue weighted by Crippen LogP contribution is -2.44. The van der Waals surface area contributed by atoms with Gasteiger partial charge in [-0.15, -0.1) is 0 Å². The summed E-state index contributed by atoms with van der Waals surface area (Å²) in [6.07, 6.45) is 0.903. The minimum atomic E-state index is -0.506. The van der Waals surface area contributed by atoms with Crippen molar-refractivity contribution in [3.8, 4) is 11.1 Å². The Bertz CT molecular complexity index is 771. The molecule has 0 aliphatic heterocycles. The van der Waals surface area contributed by atoms with Crippen LogP contribution < -0.4 is 16.0 Å². The molecule has 1 aliphatic rings. The van der Waals surface area contributed by atoms with Gasteiger partial charge in [0, 0.05) is 12.7 Å². The summed E-state index contributed by atoms with van der Waals surface area (Å²) in [5, 5.41) is 7.76. The zero-order valence-corrected chi connectivity index (χ0v) is 13.1. The molecule has 0 unspecified atom stereocenters. The Morgan fingerprint density at radius 3 is 2.57 bits per heavy atom. The number of nitrogens with one attached hydrogen (secondary N) is 3. The number of rotatable bonds is 3. The normalized spacial score (nSPS) is 12.8. The Labute approximate surface area is 135 Å². The Hall–Kier alpha value is -2.82. The van der Waals surface area contributed by atoms with Crippen LogP contribution in [0.4, 0.5) is 10.5 Å². The molecule has 3 amide bonds. The maximum absolute atomic E-state index is 11.9. The van der Waals surface area contributed by atoms with E-state index in [0.717, 1.165) is 12.1 Å². The highest BCUT2D eigenvalue weighted by Gasteiger charge is 2.19. The molecule has 5 nitrogen and oxygen atoms in total. The van der Waals surface area contributed by atoms with Crippen LogP contribution in [0.2, 0.25) is 0 Å². The monoisotopic (exact) mass is 309 g/mol. The standard InChI is InChI=1S/C18H19N3O2/c1-11(17(22)21-18(23)19-2)20-14-7-8-16-13(10-14)9-12-5-3-4-6-15(12)16/h3-8,10-11,20H,9H2,1-2H3,(H2,19,21,22,23)/t11-/m0/s1. The highest BCUT2D eigenvalue weighted by Crippen LogP contribution is 2.37. The van der Waals surface area contributed by atoms with Crippen LogP contribution in [0.3, 0.4) is 0 Å². The van der Waals surface area contributed by atoms with E-state index in [4.69, 9.17) is 0 Å². The van der Waals surface area contributed by atoms with E-state index in [9.17, 15) is 9.59 Å². The molecule has 118 valence electrons. The first kappa shape index (κ1) is 15.1. The second-order valence-corrected chi connectivity index (χ2v) is 5.64. The third kappa shape index (κ3) is 3.04. The number of fused-ring (bicyclic) bond motifs is 3. The van der Waals surface area contributed by atoms with E-state index in [2.05, 4.69) is 46.3 Å². The molecule has 5 heteroatoms. The average Bonchev–Trinajstić information content (AvgIpc) is 2.92. The largest absolute Gasteiger partial charge is 0.374 e. The molecule has 0 radical (unpaired) electrons. The zero-order valence-electron chi connectivity index (χ0n) is 13.1. The second-order valence-electron chi connectivity index (χ2n) is 5.64. The van der Waals surface area contributed by atoms with Gasteiger partial charge < -0.3 is 10.6 Å². The summed E-state index contributed by atoms with van der Waals surface area (Å²) in [5.74, 6) is -0.367. The highest BCUT2D eigenvalue weighted by atomic mass is 16.2. The van der Waals surface area contributed by atoms with Crippen molar-refractivity contribution in [2.24, 2.45) is 0 Å². The van der Waals surface area contributed by atoms with Crippen LogP contribution in [0.25, 0.3) is 11.1 Å². The summed E-state index contributed by atoms with van der Waals surface area (Å²) in [6, 6.07) is 13.5. The molecule has 0 bridgehead atoms. The summed E-state index contributed by atoms with van der Waals surface area (Å²) in [7, 11) is 1.47. The number of benzene rings is 2. The van der Waals surface area contributed by atoms with Crippen LogP contribution in [0.15, 0.2) is 42.5 Å². The van der Waals surface area contributed by atoms with Crippen LogP contribution >= 0.6 is 0 Å². The number of imide groups is 1. The van der Waals surface area contributed by atoms with Crippen molar-refractivity contribution < 1.29 is 9.59 Å². The van der Waals surface area contributed by atoms with Gasteiger partial charge in [-0.1, -0.05) is 30.3 Å². The maximum atomic E-state index is 11.9. The van der Waals surface area contributed by atoms with Gasteiger partial charge in [-0.3, -0.25) is 10.1 Å². The Kier molecular flexibility index (Phi) is 4.02. The molecule has 0 aromatic heterocycles. The van der Waals surface area contributed by atoms with Gasteiger partial charge in [0.2, 0.25) is 5.91 Å². The summed E-state index contributed by atoms with van der Waals surface area (Å²) in [6.45, 7) is 1.72. The lowest BCUT2D eigenvalue weighted by molar-refractivity contribution is -0.120. The number of hydrogen-bond donors (Lipinski definition) is 3. The van der Waals surface area contributed by atoms with Crippen molar-refractivity contribution >= 4 is 17.6 Å². The average molecular weight is 309 g/mol. The van der Waals surface area contributed by atoms with E-state index in [1.807, 2.05) is 12.1 Å². The van der Waals surface area contributed by atoms with E-state index in [1.165, 1.54) is 29.3 Å². The van der Waals surface area contributed by atoms with Gasteiger partial charge in [-0.05, 0) is 47.7 Å². The molecule has 2 aromatic carbocycles. The van der Waals surface area contributed by atoms with Crippen molar-refractivity contribution in [1.82, 2.24) is 10.6 Å². The van der Waals surface area contributed by atoms with Gasteiger partial charge >= 0.3 is 6.03 Å². The molecule has 2 aromatic rings. The minimum absolute atomic E-state index is 0.367. The van der Waals surface area contributed by atoms with Crippen LogP contribution in [0, 0.1) is 0 Å². The highest BCUT2D eigenvalue weighted by molar-refractivity contribution is 5.97. The van der Waals surface area contributed by atoms with Crippen molar-refractivity contribution in [3.63, 3.8) is 0 Å². The summed E-state index contributed by atoms with van der Waals surface area (Å²) in [4.78, 5) is 23.1. The summed E-state index contributed by atoms with van der Waals surface area (Å²) >= 11 is 0. The number of carbonyl (C=O) groups excluding carboxylic acids is 2. The molecular weight excluding hydrogens is 290 g/mol. The maximum Gasteiger partial charge on any atom is 0.321 e. The van der Waals surface area contributed by atoms with Crippen molar-refractivity contribution in [2.75, 3.05) is 12.4 Å². The van der Waals surface area contributed by atoms with E-state index in [-0.39, 0.29) is 5.91 Å². The lowest BCUT2D eigenvalue weighted by atomic mass is 10.1. The predicted molar refractivity (Wildman–Crippen MR) is 90.4 cm³/mol. The Balaban J connectivity index is 1.73. The molecular formula is C18H19N3O2. The summed E-state index contributed by atoms with van der Waals surface area (Å²) < 4.78 is 0. The van der Waals surface area contributed by atoms with Crippen molar-refractivity contribution in [3.05, 3.63) is 53.6 Å². The van der Waals surface area contributed by atoms with Crippen LogP contribution in [0.1, 0.15) is 18.1 Å². The molecule has 1 aliphatic carbocycles.